The van der Waals surface area contributed by atoms with Crippen LogP contribution in [0.4, 0.5) is 13.2 Å². The minimum absolute atomic E-state index is 0.0892. The van der Waals surface area contributed by atoms with Crippen LogP contribution in [0.1, 0.15) is 34.3 Å². The lowest BCUT2D eigenvalue weighted by Crippen LogP contribution is -2.55. The highest BCUT2D eigenvalue weighted by molar-refractivity contribution is 7.98. The van der Waals surface area contributed by atoms with Gasteiger partial charge in [-0.3, -0.25) is 4.79 Å². The maximum atomic E-state index is 13.3. The summed E-state index contributed by atoms with van der Waals surface area (Å²) in [7, 11) is 1.27. The van der Waals surface area contributed by atoms with Crippen molar-refractivity contribution in [3.8, 4) is 5.75 Å². The molecule has 1 atom stereocenters. The smallest absolute Gasteiger partial charge is 0.416 e. The Kier molecular flexibility index (Phi) is 6.43. The predicted molar refractivity (Wildman–Crippen MR) is 107 cm³/mol. The van der Waals surface area contributed by atoms with Crippen LogP contribution in [0.3, 0.4) is 0 Å². The van der Waals surface area contributed by atoms with Gasteiger partial charge < -0.3 is 15.4 Å². The first-order valence-electron chi connectivity index (χ1n) is 9.23. The molecule has 1 fully saturated rings. The Morgan fingerprint density at radius 1 is 1.24 bits per heavy atom. The Hall–Kier alpha value is -2.19. The zero-order valence-corrected chi connectivity index (χ0v) is 17.0. The fraction of sp³-hybridized carbons (Fsp3) is 0.381. The van der Waals surface area contributed by atoms with Crippen LogP contribution in [0.2, 0.25) is 0 Å². The number of nitrogens with one attached hydrogen (secondary N) is 2. The van der Waals surface area contributed by atoms with Crippen molar-refractivity contribution in [3.05, 3.63) is 59.2 Å². The fourth-order valence-electron chi connectivity index (χ4n) is 3.67. The van der Waals surface area contributed by atoms with Crippen molar-refractivity contribution in [3.63, 3.8) is 0 Å². The minimum atomic E-state index is -4.52. The first-order valence-corrected chi connectivity index (χ1v) is 10.5. The summed E-state index contributed by atoms with van der Waals surface area (Å²) in [5.74, 6) is -0.541. The summed E-state index contributed by atoms with van der Waals surface area (Å²) >= 11 is 1.08. The summed E-state index contributed by atoms with van der Waals surface area (Å²) in [5, 5.41) is 6.41. The van der Waals surface area contributed by atoms with Gasteiger partial charge in [0.1, 0.15) is 5.75 Å². The van der Waals surface area contributed by atoms with Crippen molar-refractivity contribution >= 4 is 17.7 Å². The Morgan fingerprint density at radius 3 is 2.52 bits per heavy atom. The van der Waals surface area contributed by atoms with Gasteiger partial charge in [0.05, 0.1) is 23.8 Å². The van der Waals surface area contributed by atoms with E-state index < -0.39 is 23.2 Å². The molecule has 1 saturated heterocycles. The number of piperidine rings is 1. The Labute approximate surface area is 172 Å². The van der Waals surface area contributed by atoms with Crippen molar-refractivity contribution in [2.45, 2.75) is 29.5 Å². The van der Waals surface area contributed by atoms with Gasteiger partial charge in [-0.25, -0.2) is 0 Å². The van der Waals surface area contributed by atoms with E-state index in [4.69, 9.17) is 4.74 Å². The highest BCUT2D eigenvalue weighted by Crippen LogP contribution is 2.39. The average molecular weight is 424 g/mol. The van der Waals surface area contributed by atoms with E-state index in [1.807, 2.05) is 30.3 Å². The average Bonchev–Trinajstić information content (AvgIpc) is 2.73. The molecule has 29 heavy (non-hydrogen) atoms. The molecule has 8 heteroatoms. The van der Waals surface area contributed by atoms with E-state index >= 15 is 0 Å². The van der Waals surface area contributed by atoms with E-state index in [0.717, 1.165) is 48.8 Å². The fourth-order valence-corrected chi connectivity index (χ4v) is 4.31. The summed E-state index contributed by atoms with van der Waals surface area (Å²) in [6.45, 7) is 1.39. The maximum absolute atomic E-state index is 13.3. The second-order valence-electron chi connectivity index (χ2n) is 6.94. The molecule has 3 rings (SSSR count). The molecule has 0 saturated carbocycles. The van der Waals surface area contributed by atoms with Gasteiger partial charge in [-0.1, -0.05) is 30.3 Å². The van der Waals surface area contributed by atoms with Gasteiger partial charge in [0.25, 0.3) is 5.91 Å². The topological polar surface area (TPSA) is 50.4 Å². The number of carbonyl (C=O) groups is 1. The third-order valence-corrected chi connectivity index (χ3v) is 5.89. The number of thioether (sulfide) groups is 1. The van der Waals surface area contributed by atoms with E-state index in [0.29, 0.717) is 6.54 Å². The summed E-state index contributed by atoms with van der Waals surface area (Å²) in [6, 6.07) is 11.5. The van der Waals surface area contributed by atoms with Crippen LogP contribution in [-0.4, -0.2) is 32.4 Å². The van der Waals surface area contributed by atoms with Gasteiger partial charge in [0.2, 0.25) is 0 Å². The van der Waals surface area contributed by atoms with Crippen LogP contribution in [0.25, 0.3) is 0 Å². The third-order valence-electron chi connectivity index (χ3n) is 5.12. The molecule has 0 aromatic heterocycles. The van der Waals surface area contributed by atoms with Gasteiger partial charge in [-0.15, -0.1) is 11.8 Å². The number of ether oxygens (including phenoxy) is 1. The first kappa shape index (κ1) is 21.5. The van der Waals surface area contributed by atoms with Gasteiger partial charge in [-0.2, -0.15) is 13.2 Å². The highest BCUT2D eigenvalue weighted by Gasteiger charge is 2.38. The molecule has 2 aromatic rings. The van der Waals surface area contributed by atoms with Crippen LogP contribution in [-0.2, 0) is 11.7 Å². The number of rotatable bonds is 5. The quantitative estimate of drug-likeness (QED) is 0.697. The van der Waals surface area contributed by atoms with E-state index in [1.165, 1.54) is 7.11 Å². The lowest BCUT2D eigenvalue weighted by atomic mass is 9.82. The molecule has 156 valence electrons. The van der Waals surface area contributed by atoms with Crippen molar-refractivity contribution in [2.75, 3.05) is 26.5 Å². The molecule has 0 spiro atoms. The van der Waals surface area contributed by atoms with Crippen molar-refractivity contribution in [1.82, 2.24) is 10.6 Å². The zero-order chi connectivity index (χ0) is 21.1. The molecule has 1 amide bonds. The lowest BCUT2D eigenvalue weighted by Gasteiger charge is -2.39. The van der Waals surface area contributed by atoms with Crippen molar-refractivity contribution in [2.24, 2.45) is 0 Å². The molecule has 1 aliphatic heterocycles. The molecule has 0 aliphatic carbocycles. The Morgan fingerprint density at radius 2 is 1.97 bits per heavy atom. The molecule has 1 aliphatic rings. The van der Waals surface area contributed by atoms with Crippen LogP contribution < -0.4 is 15.4 Å². The van der Waals surface area contributed by atoms with Crippen LogP contribution >= 0.6 is 11.8 Å². The minimum Gasteiger partial charge on any atom is -0.496 e. The second-order valence-corrected chi connectivity index (χ2v) is 7.78. The van der Waals surface area contributed by atoms with E-state index in [2.05, 4.69) is 10.6 Å². The third kappa shape index (κ3) is 4.53. The number of halogens is 3. The standard InChI is InChI=1S/C21H23F3N2O2S/c1-28-16-11-15(21(22,23)24)12-17(29-2)18(16)19(27)26-20(9-6-10-25-13-20)14-7-4-3-5-8-14/h3-5,7-8,11-12,25H,6,9-10,13H2,1-2H3,(H,26,27). The maximum Gasteiger partial charge on any atom is 0.416 e. The first-order chi connectivity index (χ1) is 13.8. The van der Waals surface area contributed by atoms with Crippen molar-refractivity contribution < 1.29 is 22.7 Å². The van der Waals surface area contributed by atoms with Gasteiger partial charge in [-0.05, 0) is 43.3 Å². The molecule has 2 N–H and O–H groups in total. The molecular weight excluding hydrogens is 401 g/mol. The number of methoxy groups -OCH3 is 1. The van der Waals surface area contributed by atoms with Crippen molar-refractivity contribution in [1.29, 1.82) is 0 Å². The van der Waals surface area contributed by atoms with Gasteiger partial charge in [0.15, 0.2) is 0 Å². The molecule has 4 nitrogen and oxygen atoms in total. The molecular formula is C21H23F3N2O2S. The zero-order valence-electron chi connectivity index (χ0n) is 16.2. The molecule has 1 heterocycles. The highest BCUT2D eigenvalue weighted by atomic mass is 32.2. The summed E-state index contributed by atoms with van der Waals surface area (Å²) in [4.78, 5) is 13.5. The van der Waals surface area contributed by atoms with Gasteiger partial charge >= 0.3 is 6.18 Å². The predicted octanol–water partition coefficient (Wildman–Crippen LogP) is 4.44. The van der Waals surface area contributed by atoms with E-state index in [-0.39, 0.29) is 16.2 Å². The van der Waals surface area contributed by atoms with Crippen LogP contribution in [0, 0.1) is 0 Å². The van der Waals surface area contributed by atoms with E-state index in [1.54, 1.807) is 6.26 Å². The molecule has 2 aromatic carbocycles. The monoisotopic (exact) mass is 424 g/mol. The Bertz CT molecular complexity index is 841. The normalized spacial score (nSPS) is 19.6. The molecule has 1 unspecified atom stereocenters. The molecule has 0 radical (unpaired) electrons. The SMILES string of the molecule is COc1cc(C(F)(F)F)cc(SC)c1C(=O)NC1(c2ccccc2)CCCNC1. The Balaban J connectivity index is 2.03. The van der Waals surface area contributed by atoms with Gasteiger partial charge in [0, 0.05) is 11.4 Å². The number of carbonyl (C=O) groups excluding carboxylic acids is 1. The summed E-state index contributed by atoms with van der Waals surface area (Å²) in [5.41, 5.74) is -0.404. The number of hydrogen-bond donors (Lipinski definition) is 2. The molecule has 0 bridgehead atoms. The summed E-state index contributed by atoms with van der Waals surface area (Å²) < 4.78 is 44.9. The van der Waals surface area contributed by atoms with E-state index in [9.17, 15) is 18.0 Å². The second kappa shape index (κ2) is 8.67. The number of hydrogen-bond acceptors (Lipinski definition) is 4. The van der Waals surface area contributed by atoms with Crippen LogP contribution in [0.5, 0.6) is 5.75 Å². The number of benzene rings is 2. The van der Waals surface area contributed by atoms with Crippen LogP contribution in [0.15, 0.2) is 47.4 Å². The largest absolute Gasteiger partial charge is 0.496 e. The summed E-state index contributed by atoms with van der Waals surface area (Å²) in [6.07, 6.45) is -1.28. The lowest BCUT2D eigenvalue weighted by molar-refractivity contribution is -0.137. The number of alkyl halides is 3. The number of amides is 1.